The molecule has 4 heterocycles. The summed E-state index contributed by atoms with van der Waals surface area (Å²) >= 11 is 0. The average Bonchev–Trinajstić information content (AvgIpc) is 3.12. The largest absolute Gasteiger partial charge is 0.462 e. The van der Waals surface area contributed by atoms with Crippen LogP contribution in [0.2, 0.25) is 0 Å². The summed E-state index contributed by atoms with van der Waals surface area (Å²) in [4.78, 5) is 46.8. The van der Waals surface area contributed by atoms with Crippen molar-refractivity contribution >= 4 is 45.4 Å². The summed E-state index contributed by atoms with van der Waals surface area (Å²) in [6.07, 6.45) is 0. The van der Waals surface area contributed by atoms with E-state index in [2.05, 4.69) is 4.90 Å². The molecular formula is C24H25N5O4. The van der Waals surface area contributed by atoms with E-state index in [1.165, 1.54) is 0 Å². The number of piperazine rings is 1. The number of aromatic nitrogens is 3. The maximum absolute atomic E-state index is 13.5. The molecule has 1 aliphatic rings. The number of carbonyl (C=O) groups is 2. The summed E-state index contributed by atoms with van der Waals surface area (Å²) in [5.74, 6) is 0.157. The fourth-order valence-electron chi connectivity index (χ4n) is 4.65. The third-order valence-electron chi connectivity index (χ3n) is 6.31. The monoisotopic (exact) mass is 447 g/mol. The minimum atomic E-state index is -0.641. The Hall–Kier alpha value is -3.88. The Bertz CT molecular complexity index is 1480. The number of carbonyl (C=O) groups excluding carboxylic acids is 2. The fraction of sp³-hybridized carbons (Fsp3) is 0.333. The van der Waals surface area contributed by atoms with Crippen molar-refractivity contribution in [3.8, 4) is 0 Å². The lowest BCUT2D eigenvalue weighted by atomic mass is 10.1. The van der Waals surface area contributed by atoms with Gasteiger partial charge in [-0.05, 0) is 31.2 Å². The summed E-state index contributed by atoms with van der Waals surface area (Å²) in [5, 5.41) is 0.359. The minimum absolute atomic E-state index is 0.00710. The summed E-state index contributed by atoms with van der Waals surface area (Å²) in [7, 11) is 1.83. The molecule has 0 saturated carbocycles. The van der Waals surface area contributed by atoms with Gasteiger partial charge in [-0.25, -0.2) is 9.78 Å². The molecule has 1 aliphatic heterocycles. The Morgan fingerprint density at radius 2 is 1.73 bits per heavy atom. The van der Waals surface area contributed by atoms with E-state index in [1.54, 1.807) is 26.0 Å². The van der Waals surface area contributed by atoms with Crippen LogP contribution in [-0.2, 0) is 16.6 Å². The standard InChI is InChI=1S/C24H25N5O4/c1-4-33-24(32)20-21(31)16-9-10-19(28-13-11-27(12-14-28)15(2)30)25-22(16)29-18-8-6-5-7-17(18)26(3)23(20)29/h5-10H,4,11-14H2,1-3H3. The molecule has 5 rings (SSSR count). The van der Waals surface area contributed by atoms with E-state index >= 15 is 0 Å². The third-order valence-corrected chi connectivity index (χ3v) is 6.31. The van der Waals surface area contributed by atoms with Crippen LogP contribution in [0.3, 0.4) is 0 Å². The molecule has 1 amide bonds. The van der Waals surface area contributed by atoms with E-state index < -0.39 is 11.4 Å². The van der Waals surface area contributed by atoms with Crippen molar-refractivity contribution in [3.05, 3.63) is 52.2 Å². The number of esters is 1. The quantitative estimate of drug-likeness (QED) is 0.448. The first-order valence-corrected chi connectivity index (χ1v) is 11.0. The molecule has 0 bridgehead atoms. The van der Waals surface area contributed by atoms with Gasteiger partial charge in [-0.1, -0.05) is 12.1 Å². The highest BCUT2D eigenvalue weighted by Crippen LogP contribution is 2.27. The van der Waals surface area contributed by atoms with Gasteiger partial charge in [0.15, 0.2) is 5.65 Å². The lowest BCUT2D eigenvalue weighted by Crippen LogP contribution is -2.48. The van der Waals surface area contributed by atoms with E-state index in [1.807, 2.05) is 45.2 Å². The molecule has 0 spiro atoms. The molecule has 1 saturated heterocycles. The number of imidazole rings is 1. The van der Waals surface area contributed by atoms with E-state index in [0.717, 1.165) is 16.9 Å². The summed E-state index contributed by atoms with van der Waals surface area (Å²) in [6, 6.07) is 11.3. The first-order valence-electron chi connectivity index (χ1n) is 11.0. The smallest absolute Gasteiger partial charge is 0.345 e. The van der Waals surface area contributed by atoms with Crippen LogP contribution in [0.1, 0.15) is 24.2 Å². The number of benzene rings is 1. The maximum atomic E-state index is 13.5. The molecule has 0 atom stereocenters. The first kappa shape index (κ1) is 21.0. The molecule has 4 aromatic rings. The van der Waals surface area contributed by atoms with Gasteiger partial charge in [-0.2, -0.15) is 0 Å². The van der Waals surface area contributed by atoms with Gasteiger partial charge in [0, 0.05) is 40.2 Å². The van der Waals surface area contributed by atoms with E-state index in [9.17, 15) is 14.4 Å². The number of para-hydroxylation sites is 2. The molecule has 3 aromatic heterocycles. The lowest BCUT2D eigenvalue weighted by molar-refractivity contribution is -0.129. The van der Waals surface area contributed by atoms with Crippen molar-refractivity contribution in [2.24, 2.45) is 7.05 Å². The molecule has 9 nitrogen and oxygen atoms in total. The molecule has 33 heavy (non-hydrogen) atoms. The number of hydrogen-bond donors (Lipinski definition) is 0. The van der Waals surface area contributed by atoms with Crippen LogP contribution in [0.5, 0.6) is 0 Å². The predicted molar refractivity (Wildman–Crippen MR) is 126 cm³/mol. The van der Waals surface area contributed by atoms with Crippen molar-refractivity contribution in [1.29, 1.82) is 0 Å². The molecule has 1 fully saturated rings. The molecule has 0 radical (unpaired) electrons. The lowest BCUT2D eigenvalue weighted by Gasteiger charge is -2.35. The van der Waals surface area contributed by atoms with Gasteiger partial charge < -0.3 is 19.1 Å². The predicted octanol–water partition coefficient (Wildman–Crippen LogP) is 2.18. The topological polar surface area (TPSA) is 89.2 Å². The van der Waals surface area contributed by atoms with Crippen molar-refractivity contribution in [1.82, 2.24) is 18.9 Å². The van der Waals surface area contributed by atoms with Crippen molar-refractivity contribution in [2.75, 3.05) is 37.7 Å². The van der Waals surface area contributed by atoms with Crippen LogP contribution in [0.15, 0.2) is 41.2 Å². The van der Waals surface area contributed by atoms with Crippen LogP contribution in [0.4, 0.5) is 5.82 Å². The van der Waals surface area contributed by atoms with Gasteiger partial charge in [0.1, 0.15) is 17.0 Å². The number of rotatable bonds is 3. The van der Waals surface area contributed by atoms with Crippen LogP contribution >= 0.6 is 0 Å². The molecule has 0 N–H and O–H groups in total. The highest BCUT2D eigenvalue weighted by atomic mass is 16.5. The Morgan fingerprint density at radius 1 is 1.03 bits per heavy atom. The molecule has 170 valence electrons. The zero-order valence-corrected chi connectivity index (χ0v) is 18.9. The maximum Gasteiger partial charge on any atom is 0.345 e. The van der Waals surface area contributed by atoms with Gasteiger partial charge >= 0.3 is 5.97 Å². The fourth-order valence-corrected chi connectivity index (χ4v) is 4.65. The second-order valence-corrected chi connectivity index (χ2v) is 8.17. The Balaban J connectivity index is 1.77. The van der Waals surface area contributed by atoms with Crippen molar-refractivity contribution < 1.29 is 14.3 Å². The summed E-state index contributed by atoms with van der Waals surface area (Å²) in [5.41, 5.74) is 2.28. The molecule has 9 heteroatoms. The molecule has 0 aliphatic carbocycles. The number of ether oxygens (including phenoxy) is 1. The minimum Gasteiger partial charge on any atom is -0.462 e. The number of fused-ring (bicyclic) bond motifs is 5. The van der Waals surface area contributed by atoms with Crippen LogP contribution in [-0.4, -0.2) is 63.5 Å². The SMILES string of the molecule is CCOC(=O)c1c(=O)c2ccc(N3CCN(C(C)=O)CC3)nc2n2c3ccccc3n(C)c12. The zero-order valence-electron chi connectivity index (χ0n) is 18.9. The highest BCUT2D eigenvalue weighted by Gasteiger charge is 2.26. The number of pyridine rings is 2. The molecule has 1 aromatic carbocycles. The zero-order chi connectivity index (χ0) is 23.3. The van der Waals surface area contributed by atoms with Gasteiger partial charge in [-0.15, -0.1) is 0 Å². The number of amides is 1. The number of hydrogen-bond acceptors (Lipinski definition) is 6. The summed E-state index contributed by atoms with van der Waals surface area (Å²) in [6.45, 7) is 6.04. The Morgan fingerprint density at radius 3 is 2.39 bits per heavy atom. The third kappa shape index (κ3) is 3.23. The van der Waals surface area contributed by atoms with Gasteiger partial charge in [0.25, 0.3) is 0 Å². The average molecular weight is 447 g/mol. The van der Waals surface area contributed by atoms with Crippen LogP contribution < -0.4 is 10.3 Å². The molecular weight excluding hydrogens is 422 g/mol. The van der Waals surface area contributed by atoms with E-state index in [-0.39, 0.29) is 18.1 Å². The highest BCUT2D eigenvalue weighted by molar-refractivity contribution is 6.03. The van der Waals surface area contributed by atoms with Gasteiger partial charge in [0.2, 0.25) is 11.3 Å². The molecule has 0 unspecified atom stereocenters. The van der Waals surface area contributed by atoms with Gasteiger partial charge in [-0.3, -0.25) is 14.0 Å². The van der Waals surface area contributed by atoms with Crippen molar-refractivity contribution in [3.63, 3.8) is 0 Å². The Labute approximate surface area is 189 Å². The first-order chi connectivity index (χ1) is 15.9. The number of aryl methyl sites for hydroxylation is 1. The van der Waals surface area contributed by atoms with E-state index in [4.69, 9.17) is 9.72 Å². The van der Waals surface area contributed by atoms with Gasteiger partial charge in [0.05, 0.1) is 23.0 Å². The van der Waals surface area contributed by atoms with Crippen molar-refractivity contribution in [2.45, 2.75) is 13.8 Å². The normalized spacial score (nSPS) is 14.4. The number of anilines is 1. The second-order valence-electron chi connectivity index (χ2n) is 8.17. The number of nitrogens with zero attached hydrogens (tertiary/aromatic N) is 5. The van der Waals surface area contributed by atoms with Crippen LogP contribution in [0.25, 0.3) is 27.7 Å². The Kier molecular flexibility index (Phi) is 5.03. The van der Waals surface area contributed by atoms with E-state index in [0.29, 0.717) is 42.9 Å². The second kappa shape index (κ2) is 7.91. The summed E-state index contributed by atoms with van der Waals surface area (Å²) < 4.78 is 8.94. The van der Waals surface area contributed by atoms with Crippen LogP contribution in [0, 0.1) is 0 Å².